The highest BCUT2D eigenvalue weighted by molar-refractivity contribution is 5.66. The van der Waals surface area contributed by atoms with Gasteiger partial charge in [0.25, 0.3) is 5.69 Å². The minimum absolute atomic E-state index is 0.00205. The van der Waals surface area contributed by atoms with Gasteiger partial charge in [-0.25, -0.2) is 0 Å². The third kappa shape index (κ3) is 6.61. The lowest BCUT2D eigenvalue weighted by Gasteiger charge is -2.42. The number of carbonyl (C=O) groups is 1. The highest BCUT2D eigenvalue weighted by atomic mass is 16.7. The van der Waals surface area contributed by atoms with Gasteiger partial charge in [-0.15, -0.1) is 0 Å². The lowest BCUT2D eigenvalue weighted by Crippen LogP contribution is -2.50. The molecule has 1 fully saturated rings. The second-order valence-corrected chi connectivity index (χ2v) is 8.82. The maximum absolute atomic E-state index is 11.3. The van der Waals surface area contributed by atoms with Gasteiger partial charge in [0.15, 0.2) is 11.9 Å². The van der Waals surface area contributed by atoms with Crippen LogP contribution in [0.1, 0.15) is 50.3 Å². The lowest BCUT2D eigenvalue weighted by atomic mass is 9.92. The Bertz CT molecular complexity index is 1020. The lowest BCUT2D eigenvalue weighted by molar-refractivity contribution is -0.385. The Balaban J connectivity index is 1.74. The summed E-state index contributed by atoms with van der Waals surface area (Å²) in [6.45, 7) is 5.70. The topological polar surface area (TPSA) is 121 Å². The average Bonchev–Trinajstić information content (AvgIpc) is 2.80. The van der Waals surface area contributed by atoms with Gasteiger partial charge in [-0.05, 0) is 57.4 Å². The van der Waals surface area contributed by atoms with Crippen LogP contribution >= 0.6 is 0 Å². The molecule has 0 bridgehead atoms. The Morgan fingerprint density at radius 2 is 2.15 bits per heavy atom. The molecule has 0 unspecified atom stereocenters. The van der Waals surface area contributed by atoms with Crippen molar-refractivity contribution in [3.05, 3.63) is 76.1 Å². The van der Waals surface area contributed by atoms with E-state index in [1.807, 2.05) is 38.1 Å². The normalized spacial score (nSPS) is 20.9. The van der Waals surface area contributed by atoms with Gasteiger partial charge in [0, 0.05) is 30.3 Å². The fourth-order valence-corrected chi connectivity index (χ4v) is 3.83. The minimum Gasteiger partial charge on any atom is -0.482 e. The van der Waals surface area contributed by atoms with E-state index in [2.05, 4.69) is 4.98 Å². The first-order valence-corrected chi connectivity index (χ1v) is 11.1. The average molecular weight is 471 g/mol. The van der Waals surface area contributed by atoms with Crippen LogP contribution in [0.3, 0.4) is 0 Å². The predicted octanol–water partition coefficient (Wildman–Crippen LogP) is 5.00. The SMILES string of the molecule is Cc1ccc(OC(C)(C)[C@@H]2OC[C@H](C/C=C/CCC(=O)O)[C@H](c3cccnc3)O2)cc1[N+](=O)[O-]. The van der Waals surface area contributed by atoms with Crippen LogP contribution in [0.4, 0.5) is 5.69 Å². The Kier molecular flexibility index (Phi) is 8.36. The number of hydrogen-bond donors (Lipinski definition) is 1. The van der Waals surface area contributed by atoms with Crippen molar-refractivity contribution >= 4 is 11.7 Å². The third-order valence-electron chi connectivity index (χ3n) is 5.63. The molecular weight excluding hydrogens is 440 g/mol. The molecule has 1 aromatic carbocycles. The quantitative estimate of drug-likeness (QED) is 0.293. The zero-order chi connectivity index (χ0) is 24.7. The second kappa shape index (κ2) is 11.2. The smallest absolute Gasteiger partial charge is 0.303 e. The number of carboxylic acid groups (broad SMARTS) is 1. The van der Waals surface area contributed by atoms with E-state index in [1.165, 1.54) is 6.07 Å². The molecule has 2 heterocycles. The molecule has 2 aromatic rings. The van der Waals surface area contributed by atoms with Gasteiger partial charge < -0.3 is 19.3 Å². The molecule has 1 N–H and O–H groups in total. The van der Waals surface area contributed by atoms with Gasteiger partial charge >= 0.3 is 5.97 Å². The summed E-state index contributed by atoms with van der Waals surface area (Å²) in [5.41, 5.74) is 0.505. The van der Waals surface area contributed by atoms with E-state index in [0.29, 0.717) is 30.8 Å². The molecule has 3 rings (SSSR count). The molecular formula is C25H30N2O7. The highest BCUT2D eigenvalue weighted by Gasteiger charge is 2.42. The van der Waals surface area contributed by atoms with Crippen LogP contribution in [0.5, 0.6) is 5.75 Å². The maximum Gasteiger partial charge on any atom is 0.303 e. The van der Waals surface area contributed by atoms with Gasteiger partial charge in [0.1, 0.15) is 5.75 Å². The molecule has 1 saturated heterocycles. The van der Waals surface area contributed by atoms with Crippen molar-refractivity contribution in [2.24, 2.45) is 5.92 Å². The van der Waals surface area contributed by atoms with E-state index in [0.717, 1.165) is 5.56 Å². The number of nitro benzene ring substituents is 1. The zero-order valence-electron chi connectivity index (χ0n) is 19.5. The van der Waals surface area contributed by atoms with Crippen LogP contribution in [0.25, 0.3) is 0 Å². The molecule has 182 valence electrons. The van der Waals surface area contributed by atoms with Crippen molar-refractivity contribution in [2.45, 2.75) is 58.0 Å². The van der Waals surface area contributed by atoms with E-state index in [1.54, 1.807) is 31.5 Å². The molecule has 0 spiro atoms. The summed E-state index contributed by atoms with van der Waals surface area (Å²) in [6, 6.07) is 8.53. The van der Waals surface area contributed by atoms with Crippen molar-refractivity contribution in [1.29, 1.82) is 0 Å². The van der Waals surface area contributed by atoms with E-state index in [9.17, 15) is 14.9 Å². The molecule has 0 aliphatic carbocycles. The monoisotopic (exact) mass is 470 g/mol. The van der Waals surface area contributed by atoms with Gasteiger partial charge in [0.2, 0.25) is 0 Å². The molecule has 0 radical (unpaired) electrons. The molecule has 9 nitrogen and oxygen atoms in total. The first kappa shape index (κ1) is 25.3. The van der Waals surface area contributed by atoms with Crippen LogP contribution in [-0.2, 0) is 14.3 Å². The fourth-order valence-electron chi connectivity index (χ4n) is 3.83. The minimum atomic E-state index is -0.939. The molecule has 1 aromatic heterocycles. The van der Waals surface area contributed by atoms with Crippen molar-refractivity contribution in [3.63, 3.8) is 0 Å². The Morgan fingerprint density at radius 3 is 2.82 bits per heavy atom. The summed E-state index contributed by atoms with van der Waals surface area (Å²) in [5, 5.41) is 20.1. The van der Waals surface area contributed by atoms with Crippen LogP contribution in [-0.4, -0.2) is 39.5 Å². The number of carboxylic acids is 1. The summed E-state index contributed by atoms with van der Waals surface area (Å²) in [5.74, 6) is -0.472. The summed E-state index contributed by atoms with van der Waals surface area (Å²) >= 11 is 0. The first-order valence-electron chi connectivity index (χ1n) is 11.1. The van der Waals surface area contributed by atoms with Crippen molar-refractivity contribution in [1.82, 2.24) is 4.98 Å². The van der Waals surface area contributed by atoms with Crippen molar-refractivity contribution in [2.75, 3.05) is 6.61 Å². The van der Waals surface area contributed by atoms with Crippen LogP contribution in [0, 0.1) is 23.0 Å². The molecule has 1 aliphatic heterocycles. The number of hydrogen-bond acceptors (Lipinski definition) is 7. The molecule has 0 saturated carbocycles. The number of aryl methyl sites for hydroxylation is 1. The maximum atomic E-state index is 11.3. The second-order valence-electron chi connectivity index (χ2n) is 8.82. The highest BCUT2D eigenvalue weighted by Crippen LogP contribution is 2.39. The third-order valence-corrected chi connectivity index (χ3v) is 5.63. The number of benzene rings is 1. The van der Waals surface area contributed by atoms with E-state index in [4.69, 9.17) is 19.3 Å². The largest absolute Gasteiger partial charge is 0.482 e. The van der Waals surface area contributed by atoms with E-state index in [-0.39, 0.29) is 24.1 Å². The molecule has 34 heavy (non-hydrogen) atoms. The van der Waals surface area contributed by atoms with Crippen LogP contribution < -0.4 is 4.74 Å². The van der Waals surface area contributed by atoms with Crippen molar-refractivity contribution < 1.29 is 29.0 Å². The number of rotatable bonds is 10. The fraction of sp³-hybridized carbons (Fsp3) is 0.440. The Hall–Kier alpha value is -3.30. The summed E-state index contributed by atoms with van der Waals surface area (Å²) in [7, 11) is 0. The Morgan fingerprint density at radius 1 is 1.35 bits per heavy atom. The number of pyridine rings is 1. The van der Waals surface area contributed by atoms with Gasteiger partial charge in [-0.1, -0.05) is 18.2 Å². The van der Waals surface area contributed by atoms with E-state index < -0.39 is 22.8 Å². The van der Waals surface area contributed by atoms with Crippen molar-refractivity contribution in [3.8, 4) is 5.75 Å². The van der Waals surface area contributed by atoms with Crippen LogP contribution in [0.2, 0.25) is 0 Å². The number of nitro groups is 1. The molecule has 3 atom stereocenters. The first-order chi connectivity index (χ1) is 16.2. The number of allylic oxidation sites excluding steroid dienone is 2. The standard InChI is InChI=1S/C25H30N2O7/c1-17-11-12-20(14-21(17)27(30)31)34-25(2,3)24-32-16-19(8-5-4-6-10-22(28)29)23(33-24)18-9-7-13-26-15-18/h4-5,7,9,11-15,19,23-24H,6,8,10,16H2,1-3H3,(H,28,29)/b5-4+/t19-,23-,24+/m0/s1. The van der Waals surface area contributed by atoms with Gasteiger partial charge in [-0.3, -0.25) is 19.9 Å². The summed E-state index contributed by atoms with van der Waals surface area (Å²) in [6.07, 6.45) is 7.42. The summed E-state index contributed by atoms with van der Waals surface area (Å²) < 4.78 is 18.5. The van der Waals surface area contributed by atoms with Gasteiger partial charge in [0.05, 0.1) is 23.7 Å². The van der Waals surface area contributed by atoms with E-state index >= 15 is 0 Å². The number of aliphatic carboxylic acids is 1. The molecule has 9 heteroatoms. The molecule has 1 aliphatic rings. The predicted molar refractivity (Wildman–Crippen MR) is 124 cm³/mol. The zero-order valence-corrected chi connectivity index (χ0v) is 19.5. The number of aromatic nitrogens is 1. The van der Waals surface area contributed by atoms with Crippen LogP contribution in [0.15, 0.2) is 54.9 Å². The summed E-state index contributed by atoms with van der Waals surface area (Å²) in [4.78, 5) is 25.8. The number of ether oxygens (including phenoxy) is 3. The molecule has 0 amide bonds. The number of nitrogens with zero attached hydrogens (tertiary/aromatic N) is 2. The van der Waals surface area contributed by atoms with Gasteiger partial charge in [-0.2, -0.15) is 0 Å². The Labute approximate surface area is 198 Å².